The summed E-state index contributed by atoms with van der Waals surface area (Å²) >= 11 is 0. The van der Waals surface area contributed by atoms with Gasteiger partial charge in [-0.2, -0.15) is 0 Å². The fraction of sp³-hybridized carbons (Fsp3) is 0.684. The van der Waals surface area contributed by atoms with Crippen molar-refractivity contribution in [3.63, 3.8) is 0 Å². The van der Waals surface area contributed by atoms with Crippen LogP contribution in [0.2, 0.25) is 0 Å². The Morgan fingerprint density at radius 3 is 2.33 bits per heavy atom. The first-order valence-corrected chi connectivity index (χ1v) is 9.05. The van der Waals surface area contributed by atoms with Crippen LogP contribution in [0.25, 0.3) is 0 Å². The summed E-state index contributed by atoms with van der Waals surface area (Å²) in [6.07, 6.45) is 1.04. The van der Waals surface area contributed by atoms with Crippen LogP contribution in [0.1, 0.15) is 23.6 Å². The summed E-state index contributed by atoms with van der Waals surface area (Å²) in [7, 11) is 5.79. The molecule has 0 spiro atoms. The lowest BCUT2D eigenvalue weighted by Crippen LogP contribution is -2.44. The van der Waals surface area contributed by atoms with Crippen molar-refractivity contribution in [3.05, 3.63) is 22.8 Å². The van der Waals surface area contributed by atoms with E-state index in [2.05, 4.69) is 34.7 Å². The van der Waals surface area contributed by atoms with Crippen molar-refractivity contribution in [2.45, 2.75) is 26.4 Å². The Labute approximate surface area is 146 Å². The zero-order valence-electron chi connectivity index (χ0n) is 15.6. The molecule has 0 aromatic heterocycles. The molecule has 2 aliphatic heterocycles. The molecule has 0 unspecified atom stereocenters. The number of ether oxygens (including phenoxy) is 2. The number of fused-ring (bicyclic) bond motifs is 1. The number of rotatable bonds is 5. The average Bonchev–Trinajstić information content (AvgIpc) is 2.62. The van der Waals surface area contributed by atoms with E-state index in [1.807, 2.05) is 7.11 Å². The van der Waals surface area contributed by atoms with Crippen LogP contribution in [0.15, 0.2) is 6.07 Å². The summed E-state index contributed by atoms with van der Waals surface area (Å²) in [5, 5.41) is 0. The lowest BCUT2D eigenvalue weighted by Gasteiger charge is -2.34. The molecule has 24 heavy (non-hydrogen) atoms. The van der Waals surface area contributed by atoms with Gasteiger partial charge in [-0.3, -0.25) is 9.80 Å². The lowest BCUT2D eigenvalue weighted by atomic mass is 9.94. The molecular weight excluding hydrogens is 302 g/mol. The van der Waals surface area contributed by atoms with Gasteiger partial charge in [0.2, 0.25) is 0 Å². The Hall–Kier alpha value is -1.30. The number of hydrogen-bond acceptors (Lipinski definition) is 5. The Balaban J connectivity index is 1.89. The van der Waals surface area contributed by atoms with E-state index in [-0.39, 0.29) is 0 Å². The van der Waals surface area contributed by atoms with E-state index in [0.29, 0.717) is 0 Å². The van der Waals surface area contributed by atoms with E-state index in [1.165, 1.54) is 16.7 Å². The van der Waals surface area contributed by atoms with E-state index in [0.717, 1.165) is 70.3 Å². The van der Waals surface area contributed by atoms with Gasteiger partial charge < -0.3 is 14.4 Å². The molecule has 2 heterocycles. The zero-order valence-corrected chi connectivity index (χ0v) is 15.6. The molecule has 1 aromatic rings. The maximum atomic E-state index is 5.86. The highest BCUT2D eigenvalue weighted by atomic mass is 16.5. The van der Waals surface area contributed by atoms with Gasteiger partial charge in [0, 0.05) is 62.5 Å². The predicted molar refractivity (Wildman–Crippen MR) is 97.0 cm³/mol. The smallest absolute Gasteiger partial charge is 0.127 e. The van der Waals surface area contributed by atoms with Crippen molar-refractivity contribution >= 4 is 0 Å². The Kier molecular flexibility index (Phi) is 5.64. The monoisotopic (exact) mass is 333 g/mol. The number of likely N-dealkylation sites (N-methyl/N-ethyl adjacent to an activating group) is 2. The van der Waals surface area contributed by atoms with Gasteiger partial charge in [0.25, 0.3) is 0 Å². The molecule has 0 radical (unpaired) electrons. The SMILES string of the molecule is CCN1CCc2c(c(OC)cc(CN3CCN(C)CC3)c2OC)C1. The minimum absolute atomic E-state index is 0.943. The minimum Gasteiger partial charge on any atom is -0.496 e. The van der Waals surface area contributed by atoms with Crippen molar-refractivity contribution in [1.82, 2.24) is 14.7 Å². The summed E-state index contributed by atoms with van der Waals surface area (Å²) in [6.45, 7) is 10.8. The molecule has 0 amide bonds. The third-order valence-electron chi connectivity index (χ3n) is 5.45. The van der Waals surface area contributed by atoms with Crippen LogP contribution in [0.3, 0.4) is 0 Å². The molecule has 1 aromatic carbocycles. The van der Waals surface area contributed by atoms with Crippen molar-refractivity contribution in [1.29, 1.82) is 0 Å². The van der Waals surface area contributed by atoms with Crippen LogP contribution in [0, 0.1) is 0 Å². The Bertz CT molecular complexity index is 568. The molecule has 5 heteroatoms. The third kappa shape index (κ3) is 3.53. The second-order valence-corrected chi connectivity index (χ2v) is 6.93. The predicted octanol–water partition coefficient (Wildman–Crippen LogP) is 1.83. The zero-order chi connectivity index (χ0) is 17.1. The van der Waals surface area contributed by atoms with Crippen LogP contribution in [0.4, 0.5) is 0 Å². The first kappa shape index (κ1) is 17.5. The number of hydrogen-bond donors (Lipinski definition) is 0. The Morgan fingerprint density at radius 1 is 0.958 bits per heavy atom. The molecule has 0 saturated carbocycles. The van der Waals surface area contributed by atoms with Gasteiger partial charge >= 0.3 is 0 Å². The molecule has 2 aliphatic rings. The topological polar surface area (TPSA) is 28.2 Å². The molecular formula is C19H31N3O2. The highest BCUT2D eigenvalue weighted by Gasteiger charge is 2.26. The molecule has 3 rings (SSSR count). The maximum absolute atomic E-state index is 5.86. The summed E-state index contributed by atoms with van der Waals surface area (Å²) in [4.78, 5) is 7.37. The summed E-state index contributed by atoms with van der Waals surface area (Å²) in [6, 6.07) is 2.20. The normalized spacial score (nSPS) is 20.0. The number of benzene rings is 1. The standard InChI is InChI=1S/C19H31N3O2/c1-5-21-7-6-16-17(14-21)18(23-3)12-15(19(16)24-4)13-22-10-8-20(2)9-11-22/h12H,5-11,13-14H2,1-4H3. The minimum atomic E-state index is 0.943. The fourth-order valence-electron chi connectivity index (χ4n) is 3.87. The van der Waals surface area contributed by atoms with Crippen molar-refractivity contribution < 1.29 is 9.47 Å². The first-order chi connectivity index (χ1) is 11.7. The molecule has 0 aliphatic carbocycles. The molecule has 5 nitrogen and oxygen atoms in total. The highest BCUT2D eigenvalue weighted by Crippen LogP contribution is 2.38. The van der Waals surface area contributed by atoms with Gasteiger partial charge in [0.1, 0.15) is 11.5 Å². The van der Waals surface area contributed by atoms with Gasteiger partial charge in [-0.05, 0) is 26.1 Å². The highest BCUT2D eigenvalue weighted by molar-refractivity contribution is 5.55. The Morgan fingerprint density at radius 2 is 1.71 bits per heavy atom. The molecule has 0 bridgehead atoms. The summed E-state index contributed by atoms with van der Waals surface area (Å²) in [5.41, 5.74) is 3.93. The first-order valence-electron chi connectivity index (χ1n) is 9.05. The van der Waals surface area contributed by atoms with Gasteiger partial charge in [0.15, 0.2) is 0 Å². The van der Waals surface area contributed by atoms with Crippen LogP contribution in [0.5, 0.6) is 11.5 Å². The van der Waals surface area contributed by atoms with E-state index in [9.17, 15) is 0 Å². The van der Waals surface area contributed by atoms with E-state index >= 15 is 0 Å². The van der Waals surface area contributed by atoms with E-state index < -0.39 is 0 Å². The van der Waals surface area contributed by atoms with E-state index in [1.54, 1.807) is 7.11 Å². The van der Waals surface area contributed by atoms with Gasteiger partial charge in [0.05, 0.1) is 14.2 Å². The second-order valence-electron chi connectivity index (χ2n) is 6.93. The van der Waals surface area contributed by atoms with Crippen LogP contribution in [-0.4, -0.2) is 75.2 Å². The average molecular weight is 333 g/mol. The maximum Gasteiger partial charge on any atom is 0.127 e. The molecule has 134 valence electrons. The summed E-state index contributed by atoms with van der Waals surface area (Å²) < 4.78 is 11.6. The third-order valence-corrected chi connectivity index (χ3v) is 5.45. The van der Waals surface area contributed by atoms with Gasteiger partial charge in [-0.25, -0.2) is 0 Å². The van der Waals surface area contributed by atoms with Gasteiger partial charge in [-0.1, -0.05) is 6.92 Å². The molecule has 0 N–H and O–H groups in total. The quantitative estimate of drug-likeness (QED) is 0.820. The number of piperazine rings is 1. The summed E-state index contributed by atoms with van der Waals surface area (Å²) in [5.74, 6) is 2.11. The number of methoxy groups -OCH3 is 2. The molecule has 1 saturated heterocycles. The second kappa shape index (κ2) is 7.72. The fourth-order valence-corrected chi connectivity index (χ4v) is 3.87. The lowest BCUT2D eigenvalue weighted by molar-refractivity contribution is 0.147. The van der Waals surface area contributed by atoms with Gasteiger partial charge in [-0.15, -0.1) is 0 Å². The van der Waals surface area contributed by atoms with Crippen molar-refractivity contribution in [2.24, 2.45) is 0 Å². The van der Waals surface area contributed by atoms with Crippen molar-refractivity contribution in [2.75, 3.05) is 60.5 Å². The molecule has 0 atom stereocenters. The van der Waals surface area contributed by atoms with Crippen LogP contribution < -0.4 is 9.47 Å². The van der Waals surface area contributed by atoms with Crippen molar-refractivity contribution in [3.8, 4) is 11.5 Å². The largest absolute Gasteiger partial charge is 0.496 e. The molecule has 1 fully saturated rings. The van der Waals surface area contributed by atoms with Crippen LogP contribution >= 0.6 is 0 Å². The van der Waals surface area contributed by atoms with E-state index in [4.69, 9.17) is 9.47 Å². The van der Waals surface area contributed by atoms with Crippen LogP contribution in [-0.2, 0) is 19.5 Å². The number of nitrogens with zero attached hydrogens (tertiary/aromatic N) is 3.